The molecule has 20 heavy (non-hydrogen) atoms. The van der Waals surface area contributed by atoms with Gasteiger partial charge in [0.05, 0.1) is 0 Å². The smallest absolute Gasteiger partial charge is 0.0409 e. The molecule has 2 aromatic carbocycles. The van der Waals surface area contributed by atoms with Gasteiger partial charge in [0.2, 0.25) is 0 Å². The van der Waals surface area contributed by atoms with Crippen molar-refractivity contribution < 1.29 is 0 Å². The highest BCUT2D eigenvalue weighted by Gasteiger charge is 2.03. The summed E-state index contributed by atoms with van der Waals surface area (Å²) in [6, 6.07) is 16.7. The number of rotatable bonds is 6. The molecule has 0 radical (unpaired) electrons. The van der Waals surface area contributed by atoms with Crippen molar-refractivity contribution in [2.24, 2.45) is 0 Å². The van der Waals surface area contributed by atoms with Gasteiger partial charge in [-0.05, 0) is 42.9 Å². The molecule has 0 heterocycles. The molecule has 0 amide bonds. The number of benzene rings is 2. The van der Waals surface area contributed by atoms with E-state index in [4.69, 9.17) is 11.6 Å². The largest absolute Gasteiger partial charge is 0.316 e. The van der Waals surface area contributed by atoms with Crippen molar-refractivity contribution in [3.05, 3.63) is 70.2 Å². The Bertz CT molecular complexity index is 554. The number of hydrogen-bond donors (Lipinski definition) is 1. The zero-order chi connectivity index (χ0) is 14.4. The zero-order valence-electron chi connectivity index (χ0n) is 12.1. The van der Waals surface area contributed by atoms with Crippen LogP contribution in [0.5, 0.6) is 0 Å². The standard InChI is InChI=1S/C17H21ClN2/c1-19-11-14-5-3-6-15(9-14)12-20(2)13-16-7-4-8-17(18)10-16/h3-10,19H,11-13H2,1-2H3. The van der Waals surface area contributed by atoms with E-state index in [9.17, 15) is 0 Å². The lowest BCUT2D eigenvalue weighted by Crippen LogP contribution is -2.17. The van der Waals surface area contributed by atoms with Crippen molar-refractivity contribution in [1.29, 1.82) is 0 Å². The van der Waals surface area contributed by atoms with E-state index in [1.54, 1.807) is 0 Å². The molecule has 3 heteroatoms. The maximum absolute atomic E-state index is 6.02. The van der Waals surface area contributed by atoms with E-state index in [-0.39, 0.29) is 0 Å². The molecule has 0 aliphatic carbocycles. The van der Waals surface area contributed by atoms with Gasteiger partial charge in [-0.25, -0.2) is 0 Å². The fraction of sp³-hybridized carbons (Fsp3) is 0.294. The summed E-state index contributed by atoms with van der Waals surface area (Å²) >= 11 is 6.02. The Morgan fingerprint density at radius 2 is 1.55 bits per heavy atom. The van der Waals surface area contributed by atoms with Crippen LogP contribution >= 0.6 is 11.6 Å². The van der Waals surface area contributed by atoms with E-state index in [1.165, 1.54) is 16.7 Å². The zero-order valence-corrected chi connectivity index (χ0v) is 12.8. The van der Waals surface area contributed by atoms with Gasteiger partial charge in [0.25, 0.3) is 0 Å². The second kappa shape index (κ2) is 7.44. The van der Waals surface area contributed by atoms with Crippen molar-refractivity contribution >= 4 is 11.6 Å². The Labute approximate surface area is 126 Å². The van der Waals surface area contributed by atoms with Crippen LogP contribution in [0.25, 0.3) is 0 Å². The van der Waals surface area contributed by atoms with Gasteiger partial charge in [-0.15, -0.1) is 0 Å². The molecular weight excluding hydrogens is 268 g/mol. The summed E-state index contributed by atoms with van der Waals surface area (Å²) in [5, 5.41) is 3.98. The van der Waals surface area contributed by atoms with Crippen molar-refractivity contribution in [2.75, 3.05) is 14.1 Å². The monoisotopic (exact) mass is 288 g/mol. The Morgan fingerprint density at radius 1 is 0.950 bits per heavy atom. The number of nitrogens with zero attached hydrogens (tertiary/aromatic N) is 1. The van der Waals surface area contributed by atoms with Gasteiger partial charge in [0.15, 0.2) is 0 Å². The highest BCUT2D eigenvalue weighted by molar-refractivity contribution is 6.30. The Hall–Kier alpha value is -1.35. The molecule has 0 saturated heterocycles. The number of halogens is 1. The minimum atomic E-state index is 0.798. The van der Waals surface area contributed by atoms with E-state index in [0.717, 1.165) is 24.7 Å². The van der Waals surface area contributed by atoms with E-state index in [1.807, 2.05) is 25.2 Å². The predicted octanol–water partition coefficient (Wildman–Crippen LogP) is 3.69. The first-order valence-corrected chi connectivity index (χ1v) is 7.20. The average Bonchev–Trinajstić information content (AvgIpc) is 2.39. The van der Waals surface area contributed by atoms with Crippen LogP contribution in [-0.2, 0) is 19.6 Å². The van der Waals surface area contributed by atoms with Crippen LogP contribution in [0.4, 0.5) is 0 Å². The molecule has 2 rings (SSSR count). The molecule has 0 bridgehead atoms. The van der Waals surface area contributed by atoms with Crippen LogP contribution in [-0.4, -0.2) is 19.0 Å². The number of nitrogens with one attached hydrogen (secondary N) is 1. The van der Waals surface area contributed by atoms with E-state index >= 15 is 0 Å². The minimum Gasteiger partial charge on any atom is -0.316 e. The highest BCUT2D eigenvalue weighted by atomic mass is 35.5. The maximum Gasteiger partial charge on any atom is 0.0409 e. The molecule has 0 saturated carbocycles. The first-order valence-electron chi connectivity index (χ1n) is 6.83. The first kappa shape index (κ1) is 15.0. The molecule has 0 aliphatic heterocycles. The van der Waals surface area contributed by atoms with Crippen molar-refractivity contribution in [2.45, 2.75) is 19.6 Å². The second-order valence-corrected chi connectivity index (χ2v) is 5.59. The summed E-state index contributed by atoms with van der Waals surface area (Å²) in [5.41, 5.74) is 3.90. The van der Waals surface area contributed by atoms with Crippen LogP contribution in [0.2, 0.25) is 5.02 Å². The van der Waals surface area contributed by atoms with Gasteiger partial charge in [-0.1, -0.05) is 48.0 Å². The molecule has 2 aromatic rings. The molecule has 1 N–H and O–H groups in total. The van der Waals surface area contributed by atoms with Crippen LogP contribution in [0.3, 0.4) is 0 Å². The SMILES string of the molecule is CNCc1cccc(CN(C)Cc2cccc(Cl)c2)c1. The summed E-state index contributed by atoms with van der Waals surface area (Å²) in [5.74, 6) is 0. The summed E-state index contributed by atoms with van der Waals surface area (Å²) in [4.78, 5) is 2.30. The molecule has 0 unspecified atom stereocenters. The maximum atomic E-state index is 6.02. The Kier molecular flexibility index (Phi) is 5.60. The molecule has 0 aromatic heterocycles. The van der Waals surface area contributed by atoms with Gasteiger partial charge in [-0.3, -0.25) is 4.90 Å². The van der Waals surface area contributed by atoms with Gasteiger partial charge >= 0.3 is 0 Å². The molecule has 0 spiro atoms. The van der Waals surface area contributed by atoms with Crippen LogP contribution in [0.15, 0.2) is 48.5 Å². The molecular formula is C17H21ClN2. The lowest BCUT2D eigenvalue weighted by molar-refractivity contribution is 0.319. The third-order valence-electron chi connectivity index (χ3n) is 3.17. The van der Waals surface area contributed by atoms with Gasteiger partial charge in [0.1, 0.15) is 0 Å². The van der Waals surface area contributed by atoms with Crippen molar-refractivity contribution in [3.8, 4) is 0 Å². The summed E-state index contributed by atoms with van der Waals surface area (Å²) < 4.78 is 0. The highest BCUT2D eigenvalue weighted by Crippen LogP contribution is 2.14. The molecule has 2 nitrogen and oxygen atoms in total. The van der Waals surface area contributed by atoms with Crippen molar-refractivity contribution in [1.82, 2.24) is 10.2 Å². The minimum absolute atomic E-state index is 0.798. The first-order chi connectivity index (χ1) is 9.67. The predicted molar refractivity (Wildman–Crippen MR) is 85.8 cm³/mol. The normalized spacial score (nSPS) is 11.0. The fourth-order valence-corrected chi connectivity index (χ4v) is 2.57. The third-order valence-corrected chi connectivity index (χ3v) is 3.40. The quantitative estimate of drug-likeness (QED) is 0.872. The molecule has 0 aliphatic rings. The van der Waals surface area contributed by atoms with Crippen LogP contribution < -0.4 is 5.32 Å². The third kappa shape index (κ3) is 4.64. The average molecular weight is 289 g/mol. The van der Waals surface area contributed by atoms with Gasteiger partial charge in [0, 0.05) is 24.7 Å². The second-order valence-electron chi connectivity index (χ2n) is 5.15. The van der Waals surface area contributed by atoms with Gasteiger partial charge < -0.3 is 5.32 Å². The topological polar surface area (TPSA) is 15.3 Å². The van der Waals surface area contributed by atoms with E-state index in [0.29, 0.717) is 0 Å². The van der Waals surface area contributed by atoms with Crippen LogP contribution in [0, 0.1) is 0 Å². The summed E-state index contributed by atoms with van der Waals surface area (Å²) in [7, 11) is 4.10. The summed E-state index contributed by atoms with van der Waals surface area (Å²) in [6.45, 7) is 2.74. The van der Waals surface area contributed by atoms with Gasteiger partial charge in [-0.2, -0.15) is 0 Å². The summed E-state index contributed by atoms with van der Waals surface area (Å²) in [6.07, 6.45) is 0. The molecule has 106 valence electrons. The molecule has 0 fully saturated rings. The lowest BCUT2D eigenvalue weighted by Gasteiger charge is -2.17. The lowest BCUT2D eigenvalue weighted by atomic mass is 10.1. The van der Waals surface area contributed by atoms with E-state index in [2.05, 4.69) is 47.6 Å². The number of hydrogen-bond acceptors (Lipinski definition) is 2. The van der Waals surface area contributed by atoms with Crippen molar-refractivity contribution in [3.63, 3.8) is 0 Å². The fourth-order valence-electron chi connectivity index (χ4n) is 2.36. The van der Waals surface area contributed by atoms with Crippen LogP contribution in [0.1, 0.15) is 16.7 Å². The van der Waals surface area contributed by atoms with E-state index < -0.39 is 0 Å². The Balaban J connectivity index is 1.97. The Morgan fingerprint density at radius 3 is 2.20 bits per heavy atom. The molecule has 0 atom stereocenters.